The Kier molecular flexibility index (Phi) is 5.65. The molecule has 1 heterocycles. The molecule has 20 heavy (non-hydrogen) atoms. The molecule has 0 spiro atoms. The first-order valence-electron chi connectivity index (χ1n) is 7.01. The van der Waals surface area contributed by atoms with Gasteiger partial charge in [-0.25, -0.2) is 13.1 Å². The molecule has 1 aromatic rings. The lowest BCUT2D eigenvalue weighted by atomic mass is 9.83. The molecule has 1 aliphatic rings. The molecule has 0 amide bonds. The van der Waals surface area contributed by atoms with Gasteiger partial charge in [0.15, 0.2) is 4.67 Å². The van der Waals surface area contributed by atoms with Crippen LogP contribution in [0.1, 0.15) is 38.4 Å². The Morgan fingerprint density at radius 2 is 2.20 bits per heavy atom. The molecule has 114 valence electrons. The highest BCUT2D eigenvalue weighted by Crippen LogP contribution is 2.29. The fourth-order valence-electron chi connectivity index (χ4n) is 2.17. The van der Waals surface area contributed by atoms with Crippen molar-refractivity contribution in [2.24, 2.45) is 5.92 Å². The standard InChI is InChI=1S/C13H21BrN2O3S/c1-2-15-9-11-8-12(13(14)19-11)20(17,18)16-7-6-10-4-3-5-10/h8,10,15-16H,2-7,9H2,1H3. The maximum atomic E-state index is 12.2. The molecular weight excluding hydrogens is 344 g/mol. The van der Waals surface area contributed by atoms with E-state index in [0.717, 1.165) is 13.0 Å². The third-order valence-electron chi connectivity index (χ3n) is 3.61. The Balaban J connectivity index is 1.94. The van der Waals surface area contributed by atoms with Crippen molar-refractivity contribution in [3.05, 3.63) is 16.5 Å². The van der Waals surface area contributed by atoms with E-state index < -0.39 is 10.0 Å². The number of halogens is 1. The zero-order chi connectivity index (χ0) is 14.6. The molecule has 1 aromatic heterocycles. The van der Waals surface area contributed by atoms with E-state index in [1.165, 1.54) is 19.3 Å². The van der Waals surface area contributed by atoms with Gasteiger partial charge in [-0.1, -0.05) is 26.2 Å². The first-order chi connectivity index (χ1) is 9.53. The summed E-state index contributed by atoms with van der Waals surface area (Å²) in [6, 6.07) is 1.57. The van der Waals surface area contributed by atoms with E-state index in [-0.39, 0.29) is 9.56 Å². The molecule has 5 nitrogen and oxygen atoms in total. The van der Waals surface area contributed by atoms with Crippen molar-refractivity contribution in [2.75, 3.05) is 13.1 Å². The fourth-order valence-corrected chi connectivity index (χ4v) is 4.22. The molecule has 1 saturated carbocycles. The van der Waals surface area contributed by atoms with Gasteiger partial charge in [0.05, 0.1) is 6.54 Å². The molecule has 0 radical (unpaired) electrons. The minimum atomic E-state index is -3.49. The number of hydrogen-bond donors (Lipinski definition) is 2. The second-order valence-corrected chi connectivity index (χ2v) is 7.57. The summed E-state index contributed by atoms with van der Waals surface area (Å²) >= 11 is 3.18. The quantitative estimate of drug-likeness (QED) is 0.743. The summed E-state index contributed by atoms with van der Waals surface area (Å²) < 4.78 is 32.7. The van der Waals surface area contributed by atoms with Crippen molar-refractivity contribution in [3.63, 3.8) is 0 Å². The van der Waals surface area contributed by atoms with E-state index in [9.17, 15) is 8.42 Å². The summed E-state index contributed by atoms with van der Waals surface area (Å²) in [6.45, 7) is 3.80. The fraction of sp³-hybridized carbons (Fsp3) is 0.692. The van der Waals surface area contributed by atoms with Crippen LogP contribution in [0.3, 0.4) is 0 Å². The average Bonchev–Trinajstić information content (AvgIpc) is 2.72. The Morgan fingerprint density at radius 3 is 2.80 bits per heavy atom. The van der Waals surface area contributed by atoms with E-state index in [4.69, 9.17) is 4.42 Å². The van der Waals surface area contributed by atoms with Gasteiger partial charge in [0.2, 0.25) is 10.0 Å². The SMILES string of the molecule is CCNCc1cc(S(=O)(=O)NCCC2CCC2)c(Br)o1. The number of hydrogen-bond acceptors (Lipinski definition) is 4. The first-order valence-corrected chi connectivity index (χ1v) is 9.29. The summed E-state index contributed by atoms with van der Waals surface area (Å²) in [7, 11) is -3.49. The lowest BCUT2D eigenvalue weighted by molar-refractivity contribution is 0.297. The van der Waals surface area contributed by atoms with E-state index in [0.29, 0.717) is 24.8 Å². The monoisotopic (exact) mass is 364 g/mol. The van der Waals surface area contributed by atoms with Gasteiger partial charge in [-0.3, -0.25) is 0 Å². The average molecular weight is 365 g/mol. The summed E-state index contributed by atoms with van der Waals surface area (Å²) in [6.07, 6.45) is 4.64. The van der Waals surface area contributed by atoms with Crippen molar-refractivity contribution in [3.8, 4) is 0 Å². The maximum Gasteiger partial charge on any atom is 0.244 e. The predicted molar refractivity (Wildman–Crippen MR) is 80.9 cm³/mol. The molecule has 0 aromatic carbocycles. The molecule has 1 fully saturated rings. The van der Waals surface area contributed by atoms with E-state index in [1.807, 2.05) is 6.92 Å². The van der Waals surface area contributed by atoms with Gasteiger partial charge < -0.3 is 9.73 Å². The minimum Gasteiger partial charge on any atom is -0.452 e. The maximum absolute atomic E-state index is 12.2. The third kappa shape index (κ3) is 4.07. The minimum absolute atomic E-state index is 0.180. The highest BCUT2D eigenvalue weighted by Gasteiger charge is 2.23. The van der Waals surface area contributed by atoms with Crippen LogP contribution >= 0.6 is 15.9 Å². The number of nitrogens with one attached hydrogen (secondary N) is 2. The van der Waals surface area contributed by atoms with Gasteiger partial charge in [-0.05, 0) is 34.8 Å². The van der Waals surface area contributed by atoms with Crippen molar-refractivity contribution < 1.29 is 12.8 Å². The first kappa shape index (κ1) is 16.0. The Morgan fingerprint density at radius 1 is 1.45 bits per heavy atom. The molecule has 1 aliphatic carbocycles. The van der Waals surface area contributed by atoms with Gasteiger partial charge in [0, 0.05) is 12.6 Å². The van der Waals surface area contributed by atoms with Gasteiger partial charge >= 0.3 is 0 Å². The molecular formula is C13H21BrN2O3S. The van der Waals surface area contributed by atoms with Crippen molar-refractivity contribution >= 4 is 26.0 Å². The highest BCUT2D eigenvalue weighted by molar-refractivity contribution is 9.10. The zero-order valence-corrected chi connectivity index (χ0v) is 14.0. The van der Waals surface area contributed by atoms with E-state index >= 15 is 0 Å². The van der Waals surface area contributed by atoms with Crippen LogP contribution in [0.5, 0.6) is 0 Å². The normalized spacial score (nSPS) is 16.3. The summed E-state index contributed by atoms with van der Waals surface area (Å²) in [5.41, 5.74) is 0. The summed E-state index contributed by atoms with van der Waals surface area (Å²) in [5, 5.41) is 3.10. The Hall–Kier alpha value is -0.370. The van der Waals surface area contributed by atoms with Crippen LogP contribution < -0.4 is 10.0 Å². The highest BCUT2D eigenvalue weighted by atomic mass is 79.9. The lowest BCUT2D eigenvalue weighted by Gasteiger charge is -2.24. The molecule has 2 N–H and O–H groups in total. The summed E-state index contributed by atoms with van der Waals surface area (Å²) in [4.78, 5) is 0.180. The van der Waals surface area contributed by atoms with E-state index in [1.54, 1.807) is 6.07 Å². The number of furan rings is 1. The Bertz CT molecular complexity index is 538. The number of rotatable bonds is 8. The second-order valence-electron chi connectivity index (χ2n) is 5.11. The molecule has 7 heteroatoms. The van der Waals surface area contributed by atoms with Crippen molar-refractivity contribution in [2.45, 2.75) is 44.0 Å². The van der Waals surface area contributed by atoms with Gasteiger partial charge in [-0.15, -0.1) is 0 Å². The molecule has 0 aliphatic heterocycles. The van der Waals surface area contributed by atoms with Crippen molar-refractivity contribution in [1.82, 2.24) is 10.0 Å². The van der Waals surface area contributed by atoms with Gasteiger partial charge in [-0.2, -0.15) is 0 Å². The molecule has 2 rings (SSSR count). The predicted octanol–water partition coefficient (Wildman–Crippen LogP) is 2.62. The Labute approximate surface area is 128 Å². The zero-order valence-electron chi connectivity index (χ0n) is 11.6. The third-order valence-corrected chi connectivity index (χ3v) is 5.93. The van der Waals surface area contributed by atoms with Crippen LogP contribution in [-0.2, 0) is 16.6 Å². The van der Waals surface area contributed by atoms with Crippen LogP contribution in [0.15, 0.2) is 20.0 Å². The largest absolute Gasteiger partial charge is 0.452 e. The molecule has 0 atom stereocenters. The van der Waals surface area contributed by atoms with Gasteiger partial charge in [0.1, 0.15) is 10.7 Å². The topological polar surface area (TPSA) is 71.3 Å². The smallest absolute Gasteiger partial charge is 0.244 e. The van der Waals surface area contributed by atoms with Gasteiger partial charge in [0.25, 0.3) is 0 Å². The van der Waals surface area contributed by atoms with Crippen molar-refractivity contribution in [1.29, 1.82) is 0 Å². The number of sulfonamides is 1. The second kappa shape index (κ2) is 7.06. The lowest BCUT2D eigenvalue weighted by Crippen LogP contribution is -2.27. The van der Waals surface area contributed by atoms with Crippen LogP contribution in [0.25, 0.3) is 0 Å². The van der Waals surface area contributed by atoms with E-state index in [2.05, 4.69) is 26.0 Å². The molecule has 0 unspecified atom stereocenters. The van der Waals surface area contributed by atoms with Crippen LogP contribution in [0, 0.1) is 5.92 Å². The molecule has 0 bridgehead atoms. The van der Waals surface area contributed by atoms with Crippen LogP contribution in [-0.4, -0.2) is 21.5 Å². The summed E-state index contributed by atoms with van der Waals surface area (Å²) in [5.74, 6) is 1.30. The van der Waals surface area contributed by atoms with Crippen LogP contribution in [0.2, 0.25) is 0 Å². The molecule has 0 saturated heterocycles. The van der Waals surface area contributed by atoms with Crippen LogP contribution in [0.4, 0.5) is 0 Å².